The second-order valence-corrected chi connectivity index (χ2v) is 10.9. The molecular weight excluding hydrogens is 476 g/mol. The molecule has 0 aliphatic carbocycles. The molecule has 3 aromatic rings. The maximum atomic E-state index is 13.7. The van der Waals surface area contributed by atoms with Gasteiger partial charge in [-0.1, -0.05) is 55.5 Å². The van der Waals surface area contributed by atoms with E-state index in [0.717, 1.165) is 10.9 Å². The summed E-state index contributed by atoms with van der Waals surface area (Å²) in [5.41, 5.74) is 1.53. The molecule has 0 spiro atoms. The van der Waals surface area contributed by atoms with Crippen molar-refractivity contribution in [1.82, 2.24) is 14.9 Å². The first-order chi connectivity index (χ1) is 17.2. The maximum Gasteiger partial charge on any atom is 0.317 e. The van der Waals surface area contributed by atoms with Crippen LogP contribution >= 0.6 is 0 Å². The van der Waals surface area contributed by atoms with Crippen molar-refractivity contribution in [3.8, 4) is 0 Å². The van der Waals surface area contributed by atoms with E-state index in [-0.39, 0.29) is 34.5 Å². The number of likely N-dealkylation sites (tertiary alicyclic amines) is 1. The van der Waals surface area contributed by atoms with Crippen LogP contribution in [0.4, 0.5) is 10.5 Å². The number of nitrogens with one attached hydrogen (secondary N) is 3. The van der Waals surface area contributed by atoms with Gasteiger partial charge >= 0.3 is 6.03 Å². The van der Waals surface area contributed by atoms with E-state index >= 15 is 0 Å². The Balaban J connectivity index is 1.64. The monoisotopic (exact) mass is 508 g/mol. The maximum absolute atomic E-state index is 13.7. The van der Waals surface area contributed by atoms with E-state index < -0.39 is 10.0 Å². The molecule has 4 rings (SSSR count). The van der Waals surface area contributed by atoms with Crippen molar-refractivity contribution >= 4 is 38.4 Å². The van der Waals surface area contributed by atoms with Crippen molar-refractivity contribution in [2.45, 2.75) is 38.1 Å². The summed E-state index contributed by atoms with van der Waals surface area (Å²) in [6, 6.07) is 17.3. The first kappa shape index (κ1) is 25.7. The number of hydrogen-bond donors (Lipinski definition) is 3. The standard InChI is InChI=1S/C27H32N4O4S/c1-4-28-27(33)31-16-15-23(19(3)17-31)30-36(34,35)24-14-13-20-10-6-8-12-22(20)25(24)29-26(32)21-11-7-5-9-18(21)2/h5-14,19,23,30H,4,15-17H2,1-3H3,(H,28,33)(H,29,32)/t19-,23+/m0/s1. The fourth-order valence-corrected chi connectivity index (χ4v) is 6.20. The van der Waals surface area contributed by atoms with Gasteiger partial charge in [-0.15, -0.1) is 0 Å². The Kier molecular flexibility index (Phi) is 7.61. The predicted molar refractivity (Wildman–Crippen MR) is 142 cm³/mol. The van der Waals surface area contributed by atoms with Gasteiger partial charge in [-0.3, -0.25) is 4.79 Å². The van der Waals surface area contributed by atoms with Crippen LogP contribution in [-0.2, 0) is 10.0 Å². The molecular formula is C27H32N4O4S. The summed E-state index contributed by atoms with van der Waals surface area (Å²) in [7, 11) is -3.98. The first-order valence-electron chi connectivity index (χ1n) is 12.1. The lowest BCUT2D eigenvalue weighted by molar-refractivity contribution is 0.102. The number of nitrogens with zero attached hydrogens (tertiary/aromatic N) is 1. The van der Waals surface area contributed by atoms with Gasteiger partial charge in [-0.25, -0.2) is 17.9 Å². The summed E-state index contributed by atoms with van der Waals surface area (Å²) in [5, 5.41) is 7.13. The minimum absolute atomic E-state index is 0.0153. The van der Waals surface area contributed by atoms with E-state index in [0.29, 0.717) is 37.0 Å². The molecule has 0 bridgehead atoms. The van der Waals surface area contributed by atoms with Gasteiger partial charge in [0, 0.05) is 36.6 Å². The van der Waals surface area contributed by atoms with Crippen LogP contribution in [0.2, 0.25) is 0 Å². The SMILES string of the molecule is CCNC(=O)N1CC[C@@H](NS(=O)(=O)c2ccc3ccccc3c2NC(=O)c2ccccc2C)[C@@H](C)C1. The van der Waals surface area contributed by atoms with Crippen molar-refractivity contribution in [3.05, 3.63) is 71.8 Å². The zero-order valence-electron chi connectivity index (χ0n) is 20.7. The number of urea groups is 1. The number of rotatable bonds is 6. The van der Waals surface area contributed by atoms with E-state index in [1.54, 1.807) is 29.2 Å². The quantitative estimate of drug-likeness (QED) is 0.466. The Bertz CT molecular complexity index is 1390. The predicted octanol–water partition coefficient (Wildman–Crippen LogP) is 4.12. The number of anilines is 1. The van der Waals surface area contributed by atoms with Crippen molar-refractivity contribution in [3.63, 3.8) is 0 Å². The third kappa shape index (κ3) is 5.37. The van der Waals surface area contributed by atoms with Crippen molar-refractivity contribution < 1.29 is 18.0 Å². The van der Waals surface area contributed by atoms with Gasteiger partial charge in [-0.05, 0) is 49.3 Å². The van der Waals surface area contributed by atoms with Gasteiger partial charge in [0.05, 0.1) is 5.69 Å². The molecule has 0 saturated carbocycles. The zero-order valence-corrected chi connectivity index (χ0v) is 21.6. The first-order valence-corrected chi connectivity index (χ1v) is 13.6. The van der Waals surface area contributed by atoms with Gasteiger partial charge in [-0.2, -0.15) is 0 Å². The Morgan fingerprint density at radius 1 is 1.03 bits per heavy atom. The van der Waals surface area contributed by atoms with Gasteiger partial charge in [0.15, 0.2) is 0 Å². The average molecular weight is 509 g/mol. The molecule has 1 fully saturated rings. The van der Waals surface area contributed by atoms with Crippen LogP contribution in [0.5, 0.6) is 0 Å². The molecule has 0 unspecified atom stereocenters. The molecule has 1 heterocycles. The number of hydrogen-bond acceptors (Lipinski definition) is 4. The number of carbonyl (C=O) groups excluding carboxylic acids is 2. The van der Waals surface area contributed by atoms with Crippen LogP contribution in [0.25, 0.3) is 10.8 Å². The van der Waals surface area contributed by atoms with Crippen LogP contribution < -0.4 is 15.4 Å². The van der Waals surface area contributed by atoms with E-state index in [9.17, 15) is 18.0 Å². The highest BCUT2D eigenvalue weighted by Gasteiger charge is 2.33. The van der Waals surface area contributed by atoms with Crippen LogP contribution in [0.1, 0.15) is 36.2 Å². The third-order valence-electron chi connectivity index (χ3n) is 6.64. The number of aryl methyl sites for hydroxylation is 1. The topological polar surface area (TPSA) is 108 Å². The lowest BCUT2D eigenvalue weighted by Gasteiger charge is -2.37. The molecule has 1 saturated heterocycles. The normalized spacial score (nSPS) is 18.1. The summed E-state index contributed by atoms with van der Waals surface area (Å²) < 4.78 is 30.2. The Hall–Kier alpha value is -3.43. The lowest BCUT2D eigenvalue weighted by atomic mass is 9.95. The van der Waals surface area contributed by atoms with Gasteiger partial charge in [0.25, 0.3) is 5.91 Å². The minimum atomic E-state index is -3.98. The molecule has 8 nitrogen and oxygen atoms in total. The number of carbonyl (C=O) groups is 2. The van der Waals surface area contributed by atoms with Crippen LogP contribution in [0.15, 0.2) is 65.6 Å². The van der Waals surface area contributed by atoms with Crippen molar-refractivity contribution in [1.29, 1.82) is 0 Å². The Morgan fingerprint density at radius 2 is 1.75 bits per heavy atom. The Labute approximate surface area is 212 Å². The smallest absolute Gasteiger partial charge is 0.317 e. The summed E-state index contributed by atoms with van der Waals surface area (Å²) in [5.74, 6) is -0.453. The summed E-state index contributed by atoms with van der Waals surface area (Å²) in [6.07, 6.45) is 0.496. The molecule has 3 N–H and O–H groups in total. The van der Waals surface area contributed by atoms with E-state index in [1.165, 1.54) is 6.07 Å². The molecule has 36 heavy (non-hydrogen) atoms. The minimum Gasteiger partial charge on any atom is -0.338 e. The molecule has 3 amide bonds. The van der Waals surface area contributed by atoms with Gasteiger partial charge in [0.2, 0.25) is 10.0 Å². The number of amides is 3. The summed E-state index contributed by atoms with van der Waals surface area (Å²) in [4.78, 5) is 27.1. The summed E-state index contributed by atoms with van der Waals surface area (Å²) in [6.45, 7) is 7.08. The average Bonchev–Trinajstić information content (AvgIpc) is 2.85. The van der Waals surface area contributed by atoms with Crippen molar-refractivity contribution in [2.75, 3.05) is 25.0 Å². The largest absolute Gasteiger partial charge is 0.338 e. The lowest BCUT2D eigenvalue weighted by Crippen LogP contribution is -2.53. The fraction of sp³-hybridized carbons (Fsp3) is 0.333. The number of fused-ring (bicyclic) bond motifs is 1. The third-order valence-corrected chi connectivity index (χ3v) is 8.17. The molecule has 1 aliphatic rings. The highest BCUT2D eigenvalue weighted by atomic mass is 32.2. The molecule has 3 aromatic carbocycles. The highest BCUT2D eigenvalue weighted by Crippen LogP contribution is 2.32. The van der Waals surface area contributed by atoms with E-state index in [1.807, 2.05) is 51.1 Å². The molecule has 0 radical (unpaired) electrons. The summed E-state index contributed by atoms with van der Waals surface area (Å²) >= 11 is 0. The Morgan fingerprint density at radius 3 is 2.47 bits per heavy atom. The molecule has 1 aliphatic heterocycles. The fourth-order valence-electron chi connectivity index (χ4n) is 4.64. The van der Waals surface area contributed by atoms with E-state index in [2.05, 4.69) is 15.4 Å². The van der Waals surface area contributed by atoms with Gasteiger partial charge in [0.1, 0.15) is 4.90 Å². The number of benzene rings is 3. The highest BCUT2D eigenvalue weighted by molar-refractivity contribution is 7.89. The molecule has 2 atom stereocenters. The number of sulfonamides is 1. The zero-order chi connectivity index (χ0) is 25.9. The molecule has 9 heteroatoms. The van der Waals surface area contributed by atoms with E-state index in [4.69, 9.17) is 0 Å². The van der Waals surface area contributed by atoms with Crippen LogP contribution in [0.3, 0.4) is 0 Å². The van der Waals surface area contributed by atoms with Crippen LogP contribution in [-0.4, -0.2) is 50.9 Å². The second-order valence-electron chi connectivity index (χ2n) is 9.20. The number of piperidine rings is 1. The molecule has 190 valence electrons. The van der Waals surface area contributed by atoms with Crippen molar-refractivity contribution in [2.24, 2.45) is 5.92 Å². The second kappa shape index (κ2) is 10.7. The molecule has 0 aromatic heterocycles. The van der Waals surface area contributed by atoms with Gasteiger partial charge < -0.3 is 15.5 Å². The van der Waals surface area contributed by atoms with Crippen LogP contribution in [0, 0.1) is 12.8 Å².